The van der Waals surface area contributed by atoms with Crippen molar-refractivity contribution >= 4 is 23.2 Å². The summed E-state index contributed by atoms with van der Waals surface area (Å²) in [4.78, 5) is 14.2. The van der Waals surface area contributed by atoms with Crippen LogP contribution in [-0.2, 0) is 11.2 Å². The lowest BCUT2D eigenvalue weighted by atomic mass is 10.0. The number of hydrogen-bond donors (Lipinski definition) is 1. The molecule has 1 heterocycles. The molecule has 0 atom stereocenters. The standard InChI is InChI=1S/C19H21ClN2O/c20-19(11-13-21-14-12-19)22(17-9-5-2-6-10-17)18(23)15-16-7-3-1-4-8-16/h1-10,21H,11-15H2. The van der Waals surface area contributed by atoms with Gasteiger partial charge >= 0.3 is 0 Å². The molecule has 1 aliphatic rings. The highest BCUT2D eigenvalue weighted by Crippen LogP contribution is 2.35. The smallest absolute Gasteiger partial charge is 0.232 e. The Kier molecular flexibility index (Phi) is 4.99. The minimum Gasteiger partial charge on any atom is -0.316 e. The number of halogens is 1. The predicted molar refractivity (Wildman–Crippen MR) is 94.8 cm³/mol. The molecule has 0 aliphatic carbocycles. The van der Waals surface area contributed by atoms with Gasteiger partial charge in [0.2, 0.25) is 5.91 Å². The van der Waals surface area contributed by atoms with Gasteiger partial charge < -0.3 is 5.32 Å². The highest BCUT2D eigenvalue weighted by molar-refractivity contribution is 6.28. The molecule has 0 spiro atoms. The second kappa shape index (κ2) is 7.16. The summed E-state index contributed by atoms with van der Waals surface area (Å²) in [5.74, 6) is 0.0410. The number of hydrogen-bond acceptors (Lipinski definition) is 2. The number of carbonyl (C=O) groups excluding carboxylic acids is 1. The van der Waals surface area contributed by atoms with E-state index in [4.69, 9.17) is 11.6 Å². The molecule has 1 fully saturated rings. The van der Waals surface area contributed by atoms with Crippen molar-refractivity contribution in [3.05, 3.63) is 66.2 Å². The third-order valence-corrected chi connectivity index (χ3v) is 4.78. The minimum absolute atomic E-state index is 0.0410. The second-order valence-electron chi connectivity index (χ2n) is 5.90. The summed E-state index contributed by atoms with van der Waals surface area (Å²) >= 11 is 6.90. The Morgan fingerprint density at radius 3 is 2.17 bits per heavy atom. The van der Waals surface area contributed by atoms with Crippen LogP contribution in [0, 0.1) is 0 Å². The Morgan fingerprint density at radius 2 is 1.57 bits per heavy atom. The van der Waals surface area contributed by atoms with Crippen molar-refractivity contribution in [3.63, 3.8) is 0 Å². The molecule has 0 saturated carbocycles. The second-order valence-corrected chi connectivity index (χ2v) is 6.60. The molecule has 1 saturated heterocycles. The number of carbonyl (C=O) groups is 1. The van der Waals surface area contributed by atoms with Crippen molar-refractivity contribution in [3.8, 4) is 0 Å². The minimum atomic E-state index is -0.654. The monoisotopic (exact) mass is 328 g/mol. The maximum atomic E-state index is 13.0. The number of rotatable bonds is 4. The van der Waals surface area contributed by atoms with Gasteiger partial charge in [0.1, 0.15) is 5.00 Å². The molecular formula is C19H21ClN2O. The highest BCUT2D eigenvalue weighted by Gasteiger charge is 2.39. The van der Waals surface area contributed by atoms with Gasteiger partial charge in [0, 0.05) is 5.69 Å². The van der Waals surface area contributed by atoms with Gasteiger partial charge in [0.05, 0.1) is 6.42 Å². The van der Waals surface area contributed by atoms with Crippen LogP contribution in [0.2, 0.25) is 0 Å². The van der Waals surface area contributed by atoms with Gasteiger partial charge in [-0.05, 0) is 43.6 Å². The van der Waals surface area contributed by atoms with Gasteiger partial charge in [-0.2, -0.15) is 0 Å². The van der Waals surface area contributed by atoms with Crippen LogP contribution in [0.1, 0.15) is 18.4 Å². The Bertz CT molecular complexity index is 639. The van der Waals surface area contributed by atoms with E-state index in [1.807, 2.05) is 60.7 Å². The lowest BCUT2D eigenvalue weighted by molar-refractivity contribution is -0.118. The largest absolute Gasteiger partial charge is 0.316 e. The van der Waals surface area contributed by atoms with Gasteiger partial charge in [-0.15, -0.1) is 0 Å². The zero-order valence-electron chi connectivity index (χ0n) is 13.0. The van der Waals surface area contributed by atoms with Gasteiger partial charge in [0.25, 0.3) is 0 Å². The molecule has 3 rings (SSSR count). The Hall–Kier alpha value is -1.84. The fourth-order valence-electron chi connectivity index (χ4n) is 3.06. The van der Waals surface area contributed by atoms with E-state index in [2.05, 4.69) is 5.32 Å². The maximum Gasteiger partial charge on any atom is 0.232 e. The topological polar surface area (TPSA) is 32.3 Å². The highest BCUT2D eigenvalue weighted by atomic mass is 35.5. The van der Waals surface area contributed by atoms with Crippen LogP contribution in [0.3, 0.4) is 0 Å². The molecule has 1 N–H and O–H groups in total. The zero-order chi connectivity index (χ0) is 16.1. The molecule has 2 aromatic carbocycles. The van der Waals surface area contributed by atoms with E-state index in [0.29, 0.717) is 6.42 Å². The van der Waals surface area contributed by atoms with Crippen molar-refractivity contribution in [1.82, 2.24) is 5.32 Å². The molecule has 120 valence electrons. The summed E-state index contributed by atoms with van der Waals surface area (Å²) < 4.78 is 0. The first-order valence-electron chi connectivity index (χ1n) is 8.01. The lowest BCUT2D eigenvalue weighted by Gasteiger charge is -2.42. The summed E-state index contributed by atoms with van der Waals surface area (Å²) in [7, 11) is 0. The van der Waals surface area contributed by atoms with E-state index in [9.17, 15) is 4.79 Å². The molecule has 0 bridgehead atoms. The molecule has 0 radical (unpaired) electrons. The number of piperidine rings is 1. The SMILES string of the molecule is O=C(Cc1ccccc1)N(c1ccccc1)C1(Cl)CCNCC1. The summed E-state index contributed by atoms with van der Waals surface area (Å²) in [6.45, 7) is 1.65. The molecule has 2 aromatic rings. The van der Waals surface area contributed by atoms with Crippen LogP contribution < -0.4 is 10.2 Å². The maximum absolute atomic E-state index is 13.0. The van der Waals surface area contributed by atoms with Crippen LogP contribution in [0.5, 0.6) is 0 Å². The van der Waals surface area contributed by atoms with E-state index in [0.717, 1.165) is 37.2 Å². The zero-order valence-corrected chi connectivity index (χ0v) is 13.8. The summed E-state index contributed by atoms with van der Waals surface area (Å²) in [6, 6.07) is 19.6. The van der Waals surface area contributed by atoms with Crippen molar-refractivity contribution in [2.45, 2.75) is 24.3 Å². The van der Waals surface area contributed by atoms with Crippen LogP contribution >= 0.6 is 11.6 Å². The van der Waals surface area contributed by atoms with Crippen LogP contribution in [-0.4, -0.2) is 24.0 Å². The average Bonchev–Trinajstić information content (AvgIpc) is 2.57. The van der Waals surface area contributed by atoms with Gasteiger partial charge in [-0.3, -0.25) is 9.69 Å². The van der Waals surface area contributed by atoms with Crippen molar-refractivity contribution < 1.29 is 4.79 Å². The van der Waals surface area contributed by atoms with E-state index < -0.39 is 5.00 Å². The normalized spacial score (nSPS) is 16.7. The number of para-hydroxylation sites is 1. The molecule has 0 unspecified atom stereocenters. The summed E-state index contributed by atoms with van der Waals surface area (Å²) in [5, 5.41) is 3.31. The number of anilines is 1. The molecule has 23 heavy (non-hydrogen) atoms. The van der Waals surface area contributed by atoms with Gasteiger partial charge in [0.15, 0.2) is 0 Å². The quantitative estimate of drug-likeness (QED) is 0.687. The fourth-order valence-corrected chi connectivity index (χ4v) is 3.44. The Balaban J connectivity index is 1.90. The molecular weight excluding hydrogens is 308 g/mol. The van der Waals surface area contributed by atoms with Crippen LogP contribution in [0.15, 0.2) is 60.7 Å². The van der Waals surface area contributed by atoms with E-state index in [1.165, 1.54) is 0 Å². The third kappa shape index (κ3) is 3.74. The number of nitrogens with one attached hydrogen (secondary N) is 1. The lowest BCUT2D eigenvalue weighted by Crippen LogP contribution is -2.54. The first kappa shape index (κ1) is 16.0. The third-order valence-electron chi connectivity index (χ3n) is 4.23. The number of amides is 1. The van der Waals surface area contributed by atoms with Crippen LogP contribution in [0.25, 0.3) is 0 Å². The summed E-state index contributed by atoms with van der Waals surface area (Å²) in [6.07, 6.45) is 1.84. The van der Waals surface area contributed by atoms with E-state index in [-0.39, 0.29) is 5.91 Å². The Morgan fingerprint density at radius 1 is 1.00 bits per heavy atom. The first-order valence-corrected chi connectivity index (χ1v) is 8.38. The molecule has 3 nitrogen and oxygen atoms in total. The predicted octanol–water partition coefficient (Wildman–Crippen LogP) is 3.58. The molecule has 1 amide bonds. The number of nitrogens with zero attached hydrogens (tertiary/aromatic N) is 1. The summed E-state index contributed by atoms with van der Waals surface area (Å²) in [5.41, 5.74) is 1.87. The van der Waals surface area contributed by atoms with E-state index >= 15 is 0 Å². The van der Waals surface area contributed by atoms with Crippen molar-refractivity contribution in [2.75, 3.05) is 18.0 Å². The average molecular weight is 329 g/mol. The Labute approximate surface area is 142 Å². The van der Waals surface area contributed by atoms with Crippen molar-refractivity contribution in [2.24, 2.45) is 0 Å². The van der Waals surface area contributed by atoms with E-state index in [1.54, 1.807) is 4.90 Å². The van der Waals surface area contributed by atoms with Gasteiger partial charge in [-0.1, -0.05) is 60.1 Å². The molecule has 1 aliphatic heterocycles. The molecule has 0 aromatic heterocycles. The van der Waals surface area contributed by atoms with Crippen LogP contribution in [0.4, 0.5) is 5.69 Å². The number of alkyl halides is 1. The van der Waals surface area contributed by atoms with Gasteiger partial charge in [-0.25, -0.2) is 0 Å². The molecule has 4 heteroatoms. The fraction of sp³-hybridized carbons (Fsp3) is 0.316. The first-order chi connectivity index (χ1) is 11.2. The number of benzene rings is 2. The van der Waals surface area contributed by atoms with Crippen molar-refractivity contribution in [1.29, 1.82) is 0 Å².